The average molecular weight is 312 g/mol. The largest absolute Gasteiger partial charge is 0.237 e. The fourth-order valence-corrected chi connectivity index (χ4v) is 3.40. The van der Waals surface area contributed by atoms with Crippen LogP contribution in [0.4, 0.5) is 0 Å². The van der Waals surface area contributed by atoms with Crippen LogP contribution in [0.15, 0.2) is 60.7 Å². The van der Waals surface area contributed by atoms with Crippen LogP contribution in [0.3, 0.4) is 0 Å². The zero-order valence-electron chi connectivity index (χ0n) is 14.1. The molecule has 3 aromatic carbocycles. The number of rotatable bonds is 3. The Bertz CT molecular complexity index is 1020. The molecule has 2 heteroatoms. The molecule has 24 heavy (non-hydrogen) atoms. The van der Waals surface area contributed by atoms with E-state index in [2.05, 4.69) is 74.5 Å². The van der Waals surface area contributed by atoms with Gasteiger partial charge >= 0.3 is 0 Å². The molecule has 0 saturated carbocycles. The highest BCUT2D eigenvalue weighted by atomic mass is 14.9. The van der Waals surface area contributed by atoms with Crippen molar-refractivity contribution in [3.63, 3.8) is 0 Å². The van der Waals surface area contributed by atoms with Crippen molar-refractivity contribution in [2.75, 3.05) is 0 Å². The number of fused-ring (bicyclic) bond motifs is 3. The standard InChI is InChI=1S/C22H20N2/c1-3-19-22-17-13-9-8-12-16(17)18(15-10-6-5-7-11-15)14-20(22)24-21(4-2)23-19/h5-14H,3-4H2,1-2H3. The summed E-state index contributed by atoms with van der Waals surface area (Å²) in [7, 11) is 0. The first-order valence-corrected chi connectivity index (χ1v) is 8.58. The summed E-state index contributed by atoms with van der Waals surface area (Å²) in [5.74, 6) is 0.925. The first kappa shape index (κ1) is 14.8. The van der Waals surface area contributed by atoms with Crippen LogP contribution in [0.5, 0.6) is 0 Å². The van der Waals surface area contributed by atoms with Gasteiger partial charge in [-0.1, -0.05) is 68.4 Å². The van der Waals surface area contributed by atoms with E-state index in [0.29, 0.717) is 0 Å². The summed E-state index contributed by atoms with van der Waals surface area (Å²) < 4.78 is 0. The van der Waals surface area contributed by atoms with Crippen molar-refractivity contribution in [2.24, 2.45) is 0 Å². The van der Waals surface area contributed by atoms with Crippen molar-refractivity contribution in [3.8, 4) is 11.1 Å². The molecule has 0 atom stereocenters. The molecule has 0 radical (unpaired) electrons. The summed E-state index contributed by atoms with van der Waals surface area (Å²) in [6.45, 7) is 4.28. The maximum absolute atomic E-state index is 4.83. The van der Waals surface area contributed by atoms with E-state index < -0.39 is 0 Å². The number of nitrogens with zero attached hydrogens (tertiary/aromatic N) is 2. The zero-order chi connectivity index (χ0) is 16.5. The molecule has 4 rings (SSSR count). The summed E-state index contributed by atoms with van der Waals surface area (Å²) in [4.78, 5) is 9.61. The molecule has 4 aromatic rings. The van der Waals surface area contributed by atoms with Gasteiger partial charge in [0.05, 0.1) is 11.2 Å². The van der Waals surface area contributed by atoms with E-state index >= 15 is 0 Å². The Morgan fingerprint density at radius 1 is 0.750 bits per heavy atom. The highest BCUT2D eigenvalue weighted by molar-refractivity contribution is 6.13. The Hall–Kier alpha value is -2.74. The fourth-order valence-electron chi connectivity index (χ4n) is 3.40. The molecular formula is C22H20N2. The molecule has 0 spiro atoms. The first-order chi connectivity index (χ1) is 11.8. The maximum atomic E-state index is 4.83. The maximum Gasteiger partial charge on any atom is 0.129 e. The molecule has 0 fully saturated rings. The summed E-state index contributed by atoms with van der Waals surface area (Å²) in [5.41, 5.74) is 4.66. The Labute approximate surface area is 142 Å². The van der Waals surface area contributed by atoms with E-state index in [4.69, 9.17) is 9.97 Å². The van der Waals surface area contributed by atoms with E-state index in [-0.39, 0.29) is 0 Å². The van der Waals surface area contributed by atoms with Gasteiger partial charge in [-0.3, -0.25) is 0 Å². The van der Waals surface area contributed by atoms with Crippen molar-refractivity contribution in [1.29, 1.82) is 0 Å². The van der Waals surface area contributed by atoms with Gasteiger partial charge in [-0.05, 0) is 34.4 Å². The lowest BCUT2D eigenvalue weighted by Gasteiger charge is -2.13. The molecule has 0 aliphatic rings. The minimum Gasteiger partial charge on any atom is -0.237 e. The lowest BCUT2D eigenvalue weighted by molar-refractivity contribution is 0.913. The molecule has 0 unspecified atom stereocenters. The van der Waals surface area contributed by atoms with Gasteiger partial charge in [-0.15, -0.1) is 0 Å². The van der Waals surface area contributed by atoms with E-state index in [0.717, 1.165) is 29.9 Å². The van der Waals surface area contributed by atoms with Crippen molar-refractivity contribution >= 4 is 21.7 Å². The predicted octanol–water partition coefficient (Wildman–Crippen LogP) is 5.57. The number of aromatic nitrogens is 2. The molecule has 0 bridgehead atoms. The molecular weight excluding hydrogens is 292 g/mol. The smallest absolute Gasteiger partial charge is 0.129 e. The van der Waals surface area contributed by atoms with Crippen molar-refractivity contribution in [2.45, 2.75) is 26.7 Å². The third kappa shape index (κ3) is 2.35. The van der Waals surface area contributed by atoms with Crippen LogP contribution in [0.1, 0.15) is 25.4 Å². The van der Waals surface area contributed by atoms with Gasteiger partial charge in [0.25, 0.3) is 0 Å². The molecule has 1 heterocycles. The predicted molar refractivity (Wildman–Crippen MR) is 101 cm³/mol. The molecule has 0 amide bonds. The summed E-state index contributed by atoms with van der Waals surface area (Å²) in [5, 5.41) is 3.71. The number of benzene rings is 3. The summed E-state index contributed by atoms with van der Waals surface area (Å²) in [6.07, 6.45) is 1.77. The molecule has 1 aromatic heterocycles. The van der Waals surface area contributed by atoms with Crippen LogP contribution in [-0.4, -0.2) is 9.97 Å². The zero-order valence-corrected chi connectivity index (χ0v) is 14.1. The number of aryl methyl sites for hydroxylation is 2. The first-order valence-electron chi connectivity index (χ1n) is 8.58. The van der Waals surface area contributed by atoms with Crippen LogP contribution in [0.25, 0.3) is 32.8 Å². The minimum absolute atomic E-state index is 0.858. The second-order valence-electron chi connectivity index (χ2n) is 6.02. The van der Waals surface area contributed by atoms with E-state index in [1.165, 1.54) is 27.3 Å². The Morgan fingerprint density at radius 2 is 1.46 bits per heavy atom. The molecule has 118 valence electrons. The number of hydrogen-bond acceptors (Lipinski definition) is 2. The third-order valence-corrected chi connectivity index (χ3v) is 4.56. The second-order valence-corrected chi connectivity index (χ2v) is 6.02. The van der Waals surface area contributed by atoms with Crippen LogP contribution in [0, 0.1) is 0 Å². The van der Waals surface area contributed by atoms with Gasteiger partial charge in [0.2, 0.25) is 0 Å². The van der Waals surface area contributed by atoms with E-state index in [1.54, 1.807) is 0 Å². The summed E-state index contributed by atoms with van der Waals surface area (Å²) in [6, 6.07) is 21.4. The van der Waals surface area contributed by atoms with Crippen LogP contribution >= 0.6 is 0 Å². The van der Waals surface area contributed by atoms with E-state index in [1.807, 2.05) is 0 Å². The Morgan fingerprint density at radius 3 is 2.17 bits per heavy atom. The lowest BCUT2D eigenvalue weighted by atomic mass is 9.94. The van der Waals surface area contributed by atoms with Gasteiger partial charge in [0, 0.05) is 11.8 Å². The average Bonchev–Trinajstić information content (AvgIpc) is 2.66. The van der Waals surface area contributed by atoms with Crippen molar-refractivity contribution in [3.05, 3.63) is 72.2 Å². The van der Waals surface area contributed by atoms with Gasteiger partial charge in [0.15, 0.2) is 0 Å². The normalized spacial score (nSPS) is 11.2. The molecule has 0 N–H and O–H groups in total. The quantitative estimate of drug-likeness (QED) is 0.462. The highest BCUT2D eigenvalue weighted by Crippen LogP contribution is 2.35. The second kappa shape index (κ2) is 6.04. The van der Waals surface area contributed by atoms with E-state index in [9.17, 15) is 0 Å². The van der Waals surface area contributed by atoms with Gasteiger partial charge in [-0.2, -0.15) is 0 Å². The summed E-state index contributed by atoms with van der Waals surface area (Å²) >= 11 is 0. The van der Waals surface area contributed by atoms with Gasteiger partial charge in [-0.25, -0.2) is 9.97 Å². The lowest BCUT2D eigenvalue weighted by Crippen LogP contribution is -2.00. The monoisotopic (exact) mass is 312 g/mol. The van der Waals surface area contributed by atoms with Crippen LogP contribution in [-0.2, 0) is 12.8 Å². The molecule has 0 aliphatic heterocycles. The van der Waals surface area contributed by atoms with Gasteiger partial charge < -0.3 is 0 Å². The topological polar surface area (TPSA) is 25.8 Å². The molecule has 2 nitrogen and oxygen atoms in total. The van der Waals surface area contributed by atoms with Crippen molar-refractivity contribution in [1.82, 2.24) is 9.97 Å². The van der Waals surface area contributed by atoms with Crippen LogP contribution in [0.2, 0.25) is 0 Å². The SMILES string of the molecule is CCc1nc(CC)c2c(cc(-c3ccccc3)c3ccccc32)n1. The fraction of sp³-hybridized carbons (Fsp3) is 0.182. The van der Waals surface area contributed by atoms with Crippen molar-refractivity contribution < 1.29 is 0 Å². The van der Waals surface area contributed by atoms with Crippen LogP contribution < -0.4 is 0 Å². The Kier molecular flexibility index (Phi) is 3.73. The van der Waals surface area contributed by atoms with Gasteiger partial charge in [0.1, 0.15) is 5.82 Å². The minimum atomic E-state index is 0.858. The Balaban J connectivity index is 2.17. The third-order valence-electron chi connectivity index (χ3n) is 4.56. The molecule has 0 aliphatic carbocycles. The number of hydrogen-bond donors (Lipinski definition) is 0. The highest BCUT2D eigenvalue weighted by Gasteiger charge is 2.13. The molecule has 0 saturated heterocycles.